The van der Waals surface area contributed by atoms with Gasteiger partial charge < -0.3 is 14.0 Å². The maximum Gasteiger partial charge on any atom is 0.258 e. The number of morpholine rings is 1. The van der Waals surface area contributed by atoms with Crippen molar-refractivity contribution in [1.82, 2.24) is 29.2 Å². The molecule has 1 aromatic carbocycles. The maximum absolute atomic E-state index is 13.4. The molecule has 0 unspecified atom stereocenters. The zero-order chi connectivity index (χ0) is 25.4. The Balaban J connectivity index is 1.34. The van der Waals surface area contributed by atoms with Gasteiger partial charge in [0.1, 0.15) is 12.1 Å². The van der Waals surface area contributed by atoms with E-state index in [0.717, 1.165) is 77.5 Å². The summed E-state index contributed by atoms with van der Waals surface area (Å²) in [4.78, 5) is 26.4. The average Bonchev–Trinajstić information content (AvgIpc) is 3.53. The van der Waals surface area contributed by atoms with Crippen LogP contribution in [0.4, 0.5) is 0 Å². The van der Waals surface area contributed by atoms with Crippen LogP contribution in [0.1, 0.15) is 24.8 Å². The smallest absolute Gasteiger partial charge is 0.258 e. The Kier molecular flexibility index (Phi) is 6.62. The number of ether oxygens (including phenoxy) is 2. The van der Waals surface area contributed by atoms with Gasteiger partial charge in [0, 0.05) is 60.8 Å². The van der Waals surface area contributed by atoms with Crippen molar-refractivity contribution in [3.05, 3.63) is 58.1 Å². The van der Waals surface area contributed by atoms with Gasteiger partial charge in [-0.15, -0.1) is 11.3 Å². The molecule has 0 N–H and O–H groups in total. The molecule has 3 aromatic heterocycles. The molecule has 0 aliphatic carbocycles. The summed E-state index contributed by atoms with van der Waals surface area (Å²) in [5.41, 5.74) is 3.35. The lowest BCUT2D eigenvalue weighted by Crippen LogP contribution is -2.39. The molecule has 10 heteroatoms. The highest BCUT2D eigenvalue weighted by Crippen LogP contribution is 2.41. The summed E-state index contributed by atoms with van der Waals surface area (Å²) in [6.45, 7) is 9.55. The Morgan fingerprint density at radius 1 is 1.08 bits per heavy atom. The molecule has 37 heavy (non-hydrogen) atoms. The van der Waals surface area contributed by atoms with Crippen molar-refractivity contribution in [1.29, 1.82) is 0 Å². The number of fused-ring (bicyclic) bond motifs is 3. The van der Waals surface area contributed by atoms with Crippen LogP contribution in [-0.2, 0) is 17.7 Å². The first-order valence-electron chi connectivity index (χ1n) is 12.7. The first kappa shape index (κ1) is 24.0. The first-order valence-corrected chi connectivity index (χ1v) is 13.6. The highest BCUT2D eigenvalue weighted by molar-refractivity contribution is 7.15. The van der Waals surface area contributed by atoms with Crippen LogP contribution in [0.3, 0.4) is 0 Å². The van der Waals surface area contributed by atoms with Crippen molar-refractivity contribution in [2.45, 2.75) is 32.9 Å². The minimum atomic E-state index is 0.00877. The Labute approximate surface area is 219 Å². The van der Waals surface area contributed by atoms with Gasteiger partial charge in [0.2, 0.25) is 0 Å². The number of thiazole rings is 1. The third-order valence-corrected chi connectivity index (χ3v) is 7.98. The van der Waals surface area contributed by atoms with E-state index in [1.165, 1.54) is 0 Å². The standard InChI is InChI=1S/C27H30N6O3S/c1-18(2)33-25(28-17-29-33)26-30-24-21-16-19(5-6-22(21)36-13-7-23(24)37-26)20-4-3-8-32(27(20)34)10-9-31-11-14-35-15-12-31/h3-6,8,16-18H,7,9-15H2,1-2H3. The van der Waals surface area contributed by atoms with Gasteiger partial charge in [0.05, 0.1) is 25.5 Å². The highest BCUT2D eigenvalue weighted by Gasteiger charge is 2.24. The van der Waals surface area contributed by atoms with Crippen LogP contribution < -0.4 is 10.3 Å². The summed E-state index contributed by atoms with van der Waals surface area (Å²) in [7, 11) is 0. The largest absolute Gasteiger partial charge is 0.493 e. The highest BCUT2D eigenvalue weighted by atomic mass is 32.1. The Morgan fingerprint density at radius 2 is 1.95 bits per heavy atom. The molecule has 1 saturated heterocycles. The summed E-state index contributed by atoms with van der Waals surface area (Å²) in [6.07, 6.45) is 4.22. The van der Waals surface area contributed by atoms with Crippen molar-refractivity contribution < 1.29 is 9.47 Å². The SMILES string of the molecule is CC(C)n1ncnc1-c1nc2c(s1)CCOc1ccc(-c3cccn(CCN4CCOCC4)c3=O)cc1-2. The molecule has 6 rings (SSSR count). The molecule has 0 atom stereocenters. The van der Waals surface area contributed by atoms with E-state index in [0.29, 0.717) is 18.7 Å². The van der Waals surface area contributed by atoms with Crippen molar-refractivity contribution >= 4 is 11.3 Å². The molecule has 0 amide bonds. The number of nitrogens with zero attached hydrogens (tertiary/aromatic N) is 6. The molecule has 4 aromatic rings. The fraction of sp³-hybridized carbons (Fsp3) is 0.407. The molecule has 192 valence electrons. The topological polar surface area (TPSA) is 87.3 Å². The summed E-state index contributed by atoms with van der Waals surface area (Å²) >= 11 is 1.64. The van der Waals surface area contributed by atoms with Gasteiger partial charge in [-0.1, -0.05) is 6.07 Å². The lowest BCUT2D eigenvalue weighted by Gasteiger charge is -2.26. The van der Waals surface area contributed by atoms with Crippen LogP contribution in [0.5, 0.6) is 5.75 Å². The van der Waals surface area contributed by atoms with Crippen molar-refractivity contribution in [2.75, 3.05) is 39.5 Å². The molecule has 0 bridgehead atoms. The second-order valence-corrected chi connectivity index (χ2v) is 10.7. The molecule has 0 spiro atoms. The normalized spacial score (nSPS) is 15.8. The Hall–Kier alpha value is -3.34. The fourth-order valence-electron chi connectivity index (χ4n) is 4.88. The van der Waals surface area contributed by atoms with Gasteiger partial charge in [-0.3, -0.25) is 9.69 Å². The Morgan fingerprint density at radius 3 is 2.78 bits per heavy atom. The van der Waals surface area contributed by atoms with Crippen LogP contribution >= 0.6 is 11.3 Å². The third kappa shape index (κ3) is 4.72. The van der Waals surface area contributed by atoms with E-state index < -0.39 is 0 Å². The summed E-state index contributed by atoms with van der Waals surface area (Å²) < 4.78 is 15.2. The van der Waals surface area contributed by atoms with Crippen LogP contribution in [0.15, 0.2) is 47.7 Å². The van der Waals surface area contributed by atoms with Gasteiger partial charge in [-0.2, -0.15) is 5.10 Å². The van der Waals surface area contributed by atoms with Gasteiger partial charge in [-0.05, 0) is 43.7 Å². The monoisotopic (exact) mass is 518 g/mol. The fourth-order valence-corrected chi connectivity index (χ4v) is 5.92. The molecule has 2 aliphatic heterocycles. The van der Waals surface area contributed by atoms with Crippen LogP contribution in [0, 0.1) is 0 Å². The van der Waals surface area contributed by atoms with E-state index >= 15 is 0 Å². The predicted molar refractivity (Wildman–Crippen MR) is 143 cm³/mol. The second kappa shape index (κ2) is 10.2. The van der Waals surface area contributed by atoms with Crippen molar-refractivity contribution in [3.8, 4) is 39.0 Å². The maximum atomic E-state index is 13.4. The summed E-state index contributed by atoms with van der Waals surface area (Å²) in [6, 6.07) is 10.00. The molecule has 9 nitrogen and oxygen atoms in total. The number of hydrogen-bond acceptors (Lipinski definition) is 8. The predicted octanol–water partition coefficient (Wildman–Crippen LogP) is 3.75. The minimum absolute atomic E-state index is 0.00877. The van der Waals surface area contributed by atoms with E-state index in [9.17, 15) is 4.79 Å². The second-order valence-electron chi connectivity index (χ2n) is 9.60. The number of benzene rings is 1. The van der Waals surface area contributed by atoms with Crippen molar-refractivity contribution in [3.63, 3.8) is 0 Å². The number of hydrogen-bond donors (Lipinski definition) is 0. The lowest BCUT2D eigenvalue weighted by molar-refractivity contribution is 0.0363. The molecule has 1 fully saturated rings. The molecular weight excluding hydrogens is 488 g/mol. The van der Waals surface area contributed by atoms with Crippen LogP contribution in [0.2, 0.25) is 0 Å². The third-order valence-electron chi connectivity index (χ3n) is 6.86. The lowest BCUT2D eigenvalue weighted by atomic mass is 10.0. The number of aromatic nitrogens is 5. The van der Waals surface area contributed by atoms with Gasteiger partial charge in [-0.25, -0.2) is 14.6 Å². The number of pyridine rings is 1. The Bertz CT molecular complexity index is 1470. The zero-order valence-electron chi connectivity index (χ0n) is 21.1. The summed E-state index contributed by atoms with van der Waals surface area (Å²) in [5, 5.41) is 5.23. The molecule has 2 aliphatic rings. The average molecular weight is 519 g/mol. The number of rotatable bonds is 6. The van der Waals surface area contributed by atoms with Gasteiger partial charge in [0.25, 0.3) is 5.56 Å². The zero-order valence-corrected chi connectivity index (χ0v) is 21.9. The quantitative estimate of drug-likeness (QED) is 0.384. The molecule has 0 saturated carbocycles. The van der Waals surface area contributed by atoms with Crippen LogP contribution in [-0.4, -0.2) is 68.7 Å². The van der Waals surface area contributed by atoms with Gasteiger partial charge >= 0.3 is 0 Å². The first-order chi connectivity index (χ1) is 18.1. The van der Waals surface area contributed by atoms with E-state index in [1.807, 2.05) is 41.2 Å². The molecule has 5 heterocycles. The van der Waals surface area contributed by atoms with Gasteiger partial charge in [0.15, 0.2) is 10.8 Å². The van der Waals surface area contributed by atoms with Crippen LogP contribution in [0.25, 0.3) is 33.2 Å². The summed E-state index contributed by atoms with van der Waals surface area (Å²) in [5.74, 6) is 1.56. The van der Waals surface area contributed by atoms with E-state index in [4.69, 9.17) is 14.5 Å². The van der Waals surface area contributed by atoms with E-state index in [1.54, 1.807) is 22.2 Å². The minimum Gasteiger partial charge on any atom is -0.493 e. The van der Waals surface area contributed by atoms with E-state index in [2.05, 4.69) is 28.8 Å². The van der Waals surface area contributed by atoms with E-state index in [-0.39, 0.29) is 11.6 Å². The molecular formula is C27H30N6O3S. The van der Waals surface area contributed by atoms with Crippen molar-refractivity contribution in [2.24, 2.45) is 0 Å². The molecule has 0 radical (unpaired) electrons.